The molecule has 0 atom stereocenters. The van der Waals surface area contributed by atoms with Crippen LogP contribution in [-0.2, 0) is 11.3 Å². The maximum Gasteiger partial charge on any atom is 0.230 e. The van der Waals surface area contributed by atoms with E-state index in [0.717, 1.165) is 10.5 Å². The minimum Gasteiger partial charge on any atom is -0.493 e. The quantitative estimate of drug-likeness (QED) is 0.790. The molecule has 0 spiro atoms. The first-order chi connectivity index (χ1) is 11.1. The largest absolute Gasteiger partial charge is 0.493 e. The van der Waals surface area contributed by atoms with E-state index < -0.39 is 0 Å². The predicted molar refractivity (Wildman–Crippen MR) is 93.3 cm³/mol. The number of amides is 1. The van der Waals surface area contributed by atoms with Crippen molar-refractivity contribution in [1.82, 2.24) is 5.32 Å². The van der Waals surface area contributed by atoms with E-state index in [-0.39, 0.29) is 5.91 Å². The number of aryl methyl sites for hydroxylation is 1. The van der Waals surface area contributed by atoms with Gasteiger partial charge in [-0.25, -0.2) is 0 Å². The molecular weight excluding hydrogens is 310 g/mol. The Hall–Kier alpha value is -2.14. The number of thioether (sulfide) groups is 1. The van der Waals surface area contributed by atoms with Crippen molar-refractivity contribution >= 4 is 17.7 Å². The van der Waals surface area contributed by atoms with Gasteiger partial charge in [0.1, 0.15) is 0 Å². The standard InChI is InChI=1S/C18H21NO3S/c1-13-7-9-15(10-8-13)23-12-17(20)19-11-14-5-4-6-16(21-2)18(14)22-3/h4-10H,11-12H2,1-3H3,(H,19,20). The van der Waals surface area contributed by atoms with Crippen LogP contribution in [0, 0.1) is 6.92 Å². The molecule has 23 heavy (non-hydrogen) atoms. The van der Waals surface area contributed by atoms with Crippen LogP contribution < -0.4 is 14.8 Å². The van der Waals surface area contributed by atoms with Gasteiger partial charge in [0.15, 0.2) is 11.5 Å². The second-order valence-corrected chi connectivity index (χ2v) is 6.08. The number of hydrogen-bond donors (Lipinski definition) is 1. The topological polar surface area (TPSA) is 47.6 Å². The van der Waals surface area contributed by atoms with Crippen LogP contribution in [0.15, 0.2) is 47.4 Å². The lowest BCUT2D eigenvalue weighted by Crippen LogP contribution is -2.24. The van der Waals surface area contributed by atoms with E-state index in [2.05, 4.69) is 5.32 Å². The summed E-state index contributed by atoms with van der Waals surface area (Å²) in [5.41, 5.74) is 2.10. The Balaban J connectivity index is 1.88. The van der Waals surface area contributed by atoms with Crippen LogP contribution in [0.25, 0.3) is 0 Å². The molecule has 2 aromatic carbocycles. The third kappa shape index (κ3) is 4.93. The Morgan fingerprint density at radius 1 is 1.09 bits per heavy atom. The smallest absolute Gasteiger partial charge is 0.230 e. The zero-order valence-electron chi connectivity index (χ0n) is 13.6. The second kappa shape index (κ2) is 8.48. The van der Waals surface area contributed by atoms with Crippen LogP contribution in [0.3, 0.4) is 0 Å². The monoisotopic (exact) mass is 331 g/mol. The zero-order chi connectivity index (χ0) is 16.7. The van der Waals surface area contributed by atoms with Gasteiger partial charge in [-0.15, -0.1) is 11.8 Å². The molecule has 0 fully saturated rings. The summed E-state index contributed by atoms with van der Waals surface area (Å²) < 4.78 is 10.6. The number of nitrogens with one attached hydrogen (secondary N) is 1. The van der Waals surface area contributed by atoms with Crippen LogP contribution in [0.4, 0.5) is 0 Å². The minimum absolute atomic E-state index is 0.0135. The lowest BCUT2D eigenvalue weighted by molar-refractivity contribution is -0.118. The van der Waals surface area contributed by atoms with Gasteiger partial charge >= 0.3 is 0 Å². The van der Waals surface area contributed by atoms with Crippen molar-refractivity contribution in [1.29, 1.82) is 0 Å². The SMILES string of the molecule is COc1cccc(CNC(=O)CSc2ccc(C)cc2)c1OC. The fourth-order valence-electron chi connectivity index (χ4n) is 2.12. The molecule has 0 saturated heterocycles. The molecular formula is C18H21NO3S. The average Bonchev–Trinajstić information content (AvgIpc) is 2.58. The van der Waals surface area contributed by atoms with E-state index in [1.54, 1.807) is 14.2 Å². The maximum atomic E-state index is 12.0. The molecule has 2 rings (SSSR count). The highest BCUT2D eigenvalue weighted by Crippen LogP contribution is 2.30. The van der Waals surface area contributed by atoms with E-state index in [4.69, 9.17) is 9.47 Å². The molecule has 5 heteroatoms. The molecule has 0 bridgehead atoms. The molecule has 1 N–H and O–H groups in total. The number of benzene rings is 2. The van der Waals surface area contributed by atoms with Gasteiger partial charge in [-0.3, -0.25) is 4.79 Å². The lowest BCUT2D eigenvalue weighted by Gasteiger charge is -2.13. The van der Waals surface area contributed by atoms with E-state index >= 15 is 0 Å². The highest BCUT2D eigenvalue weighted by Gasteiger charge is 2.10. The fourth-order valence-corrected chi connectivity index (χ4v) is 2.85. The van der Waals surface area contributed by atoms with E-state index in [0.29, 0.717) is 23.8 Å². The molecule has 4 nitrogen and oxygen atoms in total. The summed E-state index contributed by atoms with van der Waals surface area (Å²) >= 11 is 1.52. The van der Waals surface area contributed by atoms with Gasteiger partial charge in [0.25, 0.3) is 0 Å². The molecule has 122 valence electrons. The number of methoxy groups -OCH3 is 2. The zero-order valence-corrected chi connectivity index (χ0v) is 14.4. The molecule has 0 unspecified atom stereocenters. The first-order valence-electron chi connectivity index (χ1n) is 7.30. The number of rotatable bonds is 7. The summed E-state index contributed by atoms with van der Waals surface area (Å²) in [5, 5.41) is 2.91. The van der Waals surface area contributed by atoms with Crippen molar-refractivity contribution in [3.05, 3.63) is 53.6 Å². The number of ether oxygens (including phenoxy) is 2. The van der Waals surface area contributed by atoms with Crippen LogP contribution in [-0.4, -0.2) is 25.9 Å². The van der Waals surface area contributed by atoms with Crippen molar-refractivity contribution in [2.75, 3.05) is 20.0 Å². The molecule has 0 radical (unpaired) electrons. The Labute approximate surface area is 141 Å². The number of carbonyl (C=O) groups excluding carboxylic acids is 1. The summed E-state index contributed by atoms with van der Waals surface area (Å²) in [4.78, 5) is 13.1. The van der Waals surface area contributed by atoms with Gasteiger partial charge < -0.3 is 14.8 Å². The third-order valence-electron chi connectivity index (χ3n) is 3.35. The first kappa shape index (κ1) is 17.2. The molecule has 0 aliphatic rings. The lowest BCUT2D eigenvalue weighted by atomic mass is 10.2. The maximum absolute atomic E-state index is 12.0. The van der Waals surface area contributed by atoms with Gasteiger partial charge in [-0.1, -0.05) is 29.8 Å². The molecule has 0 heterocycles. The molecule has 0 aliphatic carbocycles. The Morgan fingerprint density at radius 2 is 1.83 bits per heavy atom. The third-order valence-corrected chi connectivity index (χ3v) is 4.36. The van der Waals surface area contributed by atoms with Crippen molar-refractivity contribution in [3.63, 3.8) is 0 Å². The summed E-state index contributed by atoms with van der Waals surface area (Å²) in [5.74, 6) is 1.69. The predicted octanol–water partition coefficient (Wildman–Crippen LogP) is 3.42. The van der Waals surface area contributed by atoms with Crippen LogP contribution in [0.1, 0.15) is 11.1 Å². The Kier molecular flexibility index (Phi) is 6.35. The van der Waals surface area contributed by atoms with E-state index in [1.165, 1.54) is 17.3 Å². The molecule has 0 aromatic heterocycles. The molecule has 2 aromatic rings. The van der Waals surface area contributed by atoms with Gasteiger partial charge in [0.05, 0.1) is 20.0 Å². The van der Waals surface area contributed by atoms with E-state index in [1.807, 2.05) is 49.4 Å². The highest BCUT2D eigenvalue weighted by atomic mass is 32.2. The Bertz CT molecular complexity index is 656. The fraction of sp³-hybridized carbons (Fsp3) is 0.278. The normalized spacial score (nSPS) is 10.2. The van der Waals surface area contributed by atoms with Gasteiger partial charge in [0.2, 0.25) is 5.91 Å². The first-order valence-corrected chi connectivity index (χ1v) is 8.28. The molecule has 1 amide bonds. The van der Waals surface area contributed by atoms with Crippen LogP contribution >= 0.6 is 11.8 Å². The number of hydrogen-bond acceptors (Lipinski definition) is 4. The van der Waals surface area contributed by atoms with Crippen molar-refractivity contribution in [2.24, 2.45) is 0 Å². The van der Waals surface area contributed by atoms with Crippen molar-refractivity contribution < 1.29 is 14.3 Å². The van der Waals surface area contributed by atoms with E-state index in [9.17, 15) is 4.79 Å². The average molecular weight is 331 g/mol. The number of para-hydroxylation sites is 1. The summed E-state index contributed by atoms with van der Waals surface area (Å²) in [6.07, 6.45) is 0. The molecule has 0 aliphatic heterocycles. The van der Waals surface area contributed by atoms with Gasteiger partial charge in [-0.05, 0) is 25.1 Å². The highest BCUT2D eigenvalue weighted by molar-refractivity contribution is 8.00. The van der Waals surface area contributed by atoms with Crippen molar-refractivity contribution in [3.8, 4) is 11.5 Å². The minimum atomic E-state index is -0.0135. The summed E-state index contributed by atoms with van der Waals surface area (Å²) in [6, 6.07) is 13.8. The molecule has 0 saturated carbocycles. The second-order valence-electron chi connectivity index (χ2n) is 5.03. The van der Waals surface area contributed by atoms with Gasteiger partial charge in [0, 0.05) is 17.0 Å². The summed E-state index contributed by atoms with van der Waals surface area (Å²) in [6.45, 7) is 2.45. The number of carbonyl (C=O) groups is 1. The van der Waals surface area contributed by atoms with Crippen molar-refractivity contribution in [2.45, 2.75) is 18.4 Å². The summed E-state index contributed by atoms with van der Waals surface area (Å²) in [7, 11) is 3.19. The Morgan fingerprint density at radius 3 is 2.48 bits per heavy atom. The van der Waals surface area contributed by atoms with Crippen LogP contribution in [0.2, 0.25) is 0 Å². The van der Waals surface area contributed by atoms with Crippen LogP contribution in [0.5, 0.6) is 11.5 Å². The van der Waals surface area contributed by atoms with Gasteiger partial charge in [-0.2, -0.15) is 0 Å².